The number of methoxy groups -OCH3 is 2. The molecule has 206 valence electrons. The molecule has 4 rings (SSSR count). The van der Waals surface area contributed by atoms with Crippen molar-refractivity contribution in [2.24, 2.45) is 5.73 Å². The van der Waals surface area contributed by atoms with Crippen molar-refractivity contribution in [1.82, 2.24) is 9.69 Å². The van der Waals surface area contributed by atoms with Crippen LogP contribution in [0, 0.1) is 5.82 Å². The molecule has 13 heteroatoms. The van der Waals surface area contributed by atoms with Gasteiger partial charge in [0.05, 0.1) is 31.7 Å². The van der Waals surface area contributed by atoms with Gasteiger partial charge in [-0.3, -0.25) is 19.3 Å². The zero-order valence-corrected chi connectivity index (χ0v) is 22.1. The van der Waals surface area contributed by atoms with E-state index in [4.69, 9.17) is 25.7 Å². The quantitative estimate of drug-likeness (QED) is 0.343. The molecule has 1 saturated heterocycles. The highest BCUT2D eigenvalue weighted by molar-refractivity contribution is 7.09. The van der Waals surface area contributed by atoms with E-state index < -0.39 is 29.6 Å². The van der Waals surface area contributed by atoms with Gasteiger partial charge < -0.3 is 31.0 Å². The fraction of sp³-hybridized carbons (Fsp3) is 0.308. The molecule has 0 saturated carbocycles. The minimum Gasteiger partial charge on any atom is -0.493 e. The van der Waals surface area contributed by atoms with Crippen LogP contribution in [0.2, 0.25) is 0 Å². The van der Waals surface area contributed by atoms with Crippen LogP contribution in [0.25, 0.3) is 0 Å². The molecule has 0 aliphatic carbocycles. The summed E-state index contributed by atoms with van der Waals surface area (Å²) in [7, 11) is 2.89. The number of benzene rings is 2. The number of aromatic nitrogens is 1. The van der Waals surface area contributed by atoms with E-state index in [1.807, 2.05) is 0 Å². The van der Waals surface area contributed by atoms with Crippen LogP contribution in [0.4, 0.5) is 15.8 Å². The highest BCUT2D eigenvalue weighted by Gasteiger charge is 2.38. The van der Waals surface area contributed by atoms with Crippen LogP contribution in [-0.2, 0) is 9.53 Å². The molecule has 0 bridgehead atoms. The number of halogens is 1. The van der Waals surface area contributed by atoms with Crippen LogP contribution >= 0.6 is 11.5 Å². The number of nitrogens with zero attached hydrogens (tertiary/aromatic N) is 2. The van der Waals surface area contributed by atoms with E-state index in [0.29, 0.717) is 35.2 Å². The number of nitrogens with two attached hydrogens (primary N) is 2. The monoisotopic (exact) mass is 557 g/mol. The van der Waals surface area contributed by atoms with Crippen LogP contribution in [0.1, 0.15) is 44.6 Å². The number of anilines is 2. The van der Waals surface area contributed by atoms with E-state index >= 15 is 4.39 Å². The predicted octanol–water partition coefficient (Wildman–Crippen LogP) is 2.66. The standard InChI is InChI=1S/C26H28FN5O6S/c1-36-18-10-9-14(12-19(18)37-2)22(25(34)30-13-15-6-5-11-38-15)32(17-8-4-3-7-16(17)27)26(35)23-20(28)21(24(29)33)31-39-23/h3-4,7-10,12,15,22H,5-6,11,13,28H2,1-2H3,(H2,29,33)(H,30,34)/t15-,22-/m1/s1. The lowest BCUT2D eigenvalue weighted by atomic mass is 10.0. The summed E-state index contributed by atoms with van der Waals surface area (Å²) in [4.78, 5) is 40.5. The van der Waals surface area contributed by atoms with Crippen LogP contribution in [0.15, 0.2) is 42.5 Å². The summed E-state index contributed by atoms with van der Waals surface area (Å²) < 4.78 is 35.5. The minimum absolute atomic E-state index is 0.176. The summed E-state index contributed by atoms with van der Waals surface area (Å²) in [5, 5.41) is 2.83. The SMILES string of the molecule is COc1ccc([C@H](C(=O)NC[C@H]2CCCO2)N(C(=O)c2snc(C(N)=O)c2N)c2ccccc2F)cc1OC. The van der Waals surface area contributed by atoms with Gasteiger partial charge in [0.25, 0.3) is 11.8 Å². The average molecular weight is 558 g/mol. The van der Waals surface area contributed by atoms with Gasteiger partial charge in [-0.2, -0.15) is 4.37 Å². The fourth-order valence-corrected chi connectivity index (χ4v) is 5.05. The van der Waals surface area contributed by atoms with Crippen molar-refractivity contribution in [3.63, 3.8) is 0 Å². The van der Waals surface area contributed by atoms with Gasteiger partial charge in [0.15, 0.2) is 17.2 Å². The van der Waals surface area contributed by atoms with Crippen molar-refractivity contribution in [1.29, 1.82) is 0 Å². The largest absolute Gasteiger partial charge is 0.493 e. The van der Waals surface area contributed by atoms with Crippen molar-refractivity contribution >= 4 is 40.6 Å². The smallest absolute Gasteiger partial charge is 0.273 e. The number of nitrogens with one attached hydrogen (secondary N) is 1. The summed E-state index contributed by atoms with van der Waals surface area (Å²) in [6.45, 7) is 0.781. The molecule has 0 spiro atoms. The zero-order chi connectivity index (χ0) is 28.1. The van der Waals surface area contributed by atoms with E-state index in [9.17, 15) is 14.4 Å². The van der Waals surface area contributed by atoms with Crippen molar-refractivity contribution in [2.45, 2.75) is 25.0 Å². The van der Waals surface area contributed by atoms with E-state index in [1.54, 1.807) is 12.1 Å². The first-order valence-corrected chi connectivity index (χ1v) is 12.8. The fourth-order valence-electron chi connectivity index (χ4n) is 4.31. The lowest BCUT2D eigenvalue weighted by Crippen LogP contribution is -2.46. The second-order valence-corrected chi connectivity index (χ2v) is 9.44. The van der Waals surface area contributed by atoms with Crippen LogP contribution in [0.3, 0.4) is 0 Å². The Hall–Kier alpha value is -4.23. The van der Waals surface area contributed by atoms with E-state index in [-0.39, 0.29) is 34.6 Å². The predicted molar refractivity (Wildman–Crippen MR) is 143 cm³/mol. The van der Waals surface area contributed by atoms with Gasteiger partial charge in [0, 0.05) is 13.2 Å². The Kier molecular flexibility index (Phi) is 8.62. The molecular weight excluding hydrogens is 529 g/mol. The first-order valence-electron chi connectivity index (χ1n) is 12.0. The molecule has 1 fully saturated rings. The Morgan fingerprint density at radius 3 is 2.56 bits per heavy atom. The van der Waals surface area contributed by atoms with Gasteiger partial charge in [-0.15, -0.1) is 0 Å². The number of para-hydroxylation sites is 1. The normalized spacial score (nSPS) is 15.4. The number of hydrogen-bond acceptors (Lipinski definition) is 9. The third-order valence-electron chi connectivity index (χ3n) is 6.24. The molecule has 2 atom stereocenters. The molecule has 3 aromatic rings. The summed E-state index contributed by atoms with van der Waals surface area (Å²) >= 11 is 0.627. The summed E-state index contributed by atoms with van der Waals surface area (Å²) in [6, 6.07) is 8.79. The third-order valence-corrected chi connectivity index (χ3v) is 7.10. The molecular formula is C26H28FN5O6S. The summed E-state index contributed by atoms with van der Waals surface area (Å²) in [5.74, 6) is -2.46. The lowest BCUT2D eigenvalue weighted by molar-refractivity contribution is -0.123. The highest BCUT2D eigenvalue weighted by Crippen LogP contribution is 2.37. The number of carbonyl (C=O) groups excluding carboxylic acids is 3. The second kappa shape index (κ2) is 12.1. The first-order chi connectivity index (χ1) is 18.8. The van der Waals surface area contributed by atoms with Crippen LogP contribution in [-0.4, -0.2) is 55.6 Å². The molecule has 1 aromatic heterocycles. The van der Waals surface area contributed by atoms with Gasteiger partial charge in [-0.05, 0) is 54.2 Å². The Labute approximate surface area is 228 Å². The number of carbonyl (C=O) groups is 3. The van der Waals surface area contributed by atoms with Crippen molar-refractivity contribution < 1.29 is 33.0 Å². The Morgan fingerprint density at radius 2 is 1.95 bits per heavy atom. The van der Waals surface area contributed by atoms with Crippen molar-refractivity contribution in [2.75, 3.05) is 38.0 Å². The number of ether oxygens (including phenoxy) is 3. The molecule has 1 aliphatic heterocycles. The number of nitrogen functional groups attached to an aromatic ring is 1. The van der Waals surface area contributed by atoms with Gasteiger partial charge in [-0.1, -0.05) is 18.2 Å². The molecule has 2 heterocycles. The molecule has 5 N–H and O–H groups in total. The number of rotatable bonds is 10. The highest BCUT2D eigenvalue weighted by atomic mass is 32.1. The van der Waals surface area contributed by atoms with Gasteiger partial charge in [0.2, 0.25) is 5.91 Å². The van der Waals surface area contributed by atoms with Gasteiger partial charge >= 0.3 is 0 Å². The molecule has 0 unspecified atom stereocenters. The Morgan fingerprint density at radius 1 is 1.21 bits per heavy atom. The molecule has 39 heavy (non-hydrogen) atoms. The Balaban J connectivity index is 1.87. The maximum atomic E-state index is 15.3. The van der Waals surface area contributed by atoms with E-state index in [1.165, 1.54) is 38.5 Å². The second-order valence-electron chi connectivity index (χ2n) is 8.66. The zero-order valence-electron chi connectivity index (χ0n) is 21.3. The van der Waals surface area contributed by atoms with E-state index in [2.05, 4.69) is 9.69 Å². The van der Waals surface area contributed by atoms with Gasteiger partial charge in [-0.25, -0.2) is 4.39 Å². The first kappa shape index (κ1) is 27.8. The summed E-state index contributed by atoms with van der Waals surface area (Å²) in [6.07, 6.45) is 1.45. The molecule has 2 aromatic carbocycles. The Bertz CT molecular complexity index is 1380. The topological polar surface area (TPSA) is 159 Å². The van der Waals surface area contributed by atoms with E-state index in [0.717, 1.165) is 23.8 Å². The molecule has 1 aliphatic rings. The molecule has 0 radical (unpaired) electrons. The van der Waals surface area contributed by atoms with Gasteiger partial charge in [0.1, 0.15) is 16.7 Å². The lowest BCUT2D eigenvalue weighted by Gasteiger charge is -2.32. The summed E-state index contributed by atoms with van der Waals surface area (Å²) in [5.41, 5.74) is 10.9. The van der Waals surface area contributed by atoms with Crippen molar-refractivity contribution in [3.05, 3.63) is 64.4 Å². The van der Waals surface area contributed by atoms with Crippen LogP contribution < -0.4 is 31.2 Å². The third kappa shape index (κ3) is 5.78. The molecule has 3 amide bonds. The minimum atomic E-state index is -1.39. The average Bonchev–Trinajstić information content (AvgIpc) is 3.60. The maximum absolute atomic E-state index is 15.3. The van der Waals surface area contributed by atoms with Crippen LogP contribution in [0.5, 0.6) is 11.5 Å². The maximum Gasteiger partial charge on any atom is 0.273 e. The number of amides is 3. The number of hydrogen-bond donors (Lipinski definition) is 3. The molecule has 11 nitrogen and oxygen atoms in total. The number of primary amides is 1. The van der Waals surface area contributed by atoms with Crippen molar-refractivity contribution in [3.8, 4) is 11.5 Å².